The van der Waals surface area contributed by atoms with Crippen LogP contribution in [0.4, 0.5) is 0 Å². The molecule has 0 aliphatic rings. The van der Waals surface area contributed by atoms with Crippen LogP contribution in [0.3, 0.4) is 0 Å². The van der Waals surface area contributed by atoms with Crippen molar-refractivity contribution in [3.8, 4) is 0 Å². The van der Waals surface area contributed by atoms with E-state index in [0.29, 0.717) is 6.42 Å². The summed E-state index contributed by atoms with van der Waals surface area (Å²) in [7, 11) is 0. The molecule has 8 heteroatoms. The van der Waals surface area contributed by atoms with Crippen LogP contribution in [0.1, 0.15) is 137 Å². The zero-order valence-corrected chi connectivity index (χ0v) is 22.6. The van der Waals surface area contributed by atoms with Gasteiger partial charge in [-0.1, -0.05) is 96.8 Å². The van der Waals surface area contributed by atoms with Crippen LogP contribution < -0.4 is 0 Å². The molecule has 0 aromatic heterocycles. The first-order chi connectivity index (χ1) is 16.2. The molecule has 3 N–H and O–H groups in total. The van der Waals surface area contributed by atoms with Gasteiger partial charge in [-0.05, 0) is 34.1 Å². The molecule has 0 heterocycles. The van der Waals surface area contributed by atoms with Gasteiger partial charge in [0.15, 0.2) is 6.23 Å². The van der Waals surface area contributed by atoms with E-state index in [-0.39, 0.29) is 5.97 Å². The summed E-state index contributed by atoms with van der Waals surface area (Å²) in [6.45, 7) is 8.11. The highest BCUT2D eigenvalue weighted by Gasteiger charge is 2.29. The highest BCUT2D eigenvalue weighted by Crippen LogP contribution is 2.16. The van der Waals surface area contributed by atoms with Crippen LogP contribution in [0.25, 0.3) is 0 Å². The van der Waals surface area contributed by atoms with Crippen molar-refractivity contribution >= 4 is 5.97 Å². The predicted molar refractivity (Wildman–Crippen MR) is 135 cm³/mol. The minimum absolute atomic E-state index is 0.312. The predicted octanol–water partition coefficient (Wildman–Crippen LogP) is 5.60. The molecule has 4 unspecified atom stereocenters. The first-order valence-electron chi connectivity index (χ1n) is 13.7. The van der Waals surface area contributed by atoms with Crippen molar-refractivity contribution in [3.05, 3.63) is 0 Å². The summed E-state index contributed by atoms with van der Waals surface area (Å²) in [5.41, 5.74) is 0. The van der Waals surface area contributed by atoms with Gasteiger partial charge in [-0.2, -0.15) is 4.94 Å². The van der Waals surface area contributed by atoms with Crippen molar-refractivity contribution in [2.75, 3.05) is 0 Å². The molecule has 0 saturated carbocycles. The molecule has 0 radical (unpaired) electrons. The average molecular weight is 491 g/mol. The number of carbonyl (C=O) groups is 1. The molecular formula is C26H54N2O6. The smallest absolute Gasteiger partial charge is 0.307 e. The number of carbonyl (C=O) groups excluding carboxylic acids is 1. The van der Waals surface area contributed by atoms with E-state index in [0.717, 1.165) is 29.4 Å². The van der Waals surface area contributed by atoms with Gasteiger partial charge in [0, 0.05) is 6.42 Å². The fraction of sp³-hybridized carbons (Fsp3) is 0.962. The van der Waals surface area contributed by atoms with Gasteiger partial charge in [0.2, 0.25) is 0 Å². The Kier molecular flexibility index (Phi) is 21.0. The standard InChI is InChI=1S/C26H54N2O6/c1-6-7-8-9-10-11-12-13-14-15-16-17-18-19-20-21-26(32)33-25(5)28(24(4)31)34-27(22(2)29)23(3)30/h22-25,29-31H,6-21H2,1-5H3. The van der Waals surface area contributed by atoms with E-state index in [2.05, 4.69) is 6.92 Å². The molecule has 0 saturated heterocycles. The molecule has 0 amide bonds. The lowest BCUT2D eigenvalue weighted by molar-refractivity contribution is -0.443. The van der Waals surface area contributed by atoms with E-state index in [4.69, 9.17) is 9.68 Å². The molecule has 0 aliphatic carbocycles. The summed E-state index contributed by atoms with van der Waals surface area (Å²) in [5, 5.41) is 31.3. The first kappa shape index (κ1) is 33.2. The van der Waals surface area contributed by atoms with Crippen molar-refractivity contribution in [1.82, 2.24) is 10.1 Å². The fourth-order valence-electron chi connectivity index (χ4n) is 3.94. The molecule has 4 atom stereocenters. The topological polar surface area (TPSA) is 103 Å². The van der Waals surface area contributed by atoms with Crippen molar-refractivity contribution in [2.45, 2.75) is 162 Å². The number of rotatable bonds is 23. The van der Waals surface area contributed by atoms with Crippen LogP contribution in [0.5, 0.6) is 0 Å². The van der Waals surface area contributed by atoms with Gasteiger partial charge in [0.25, 0.3) is 0 Å². The lowest BCUT2D eigenvalue weighted by atomic mass is 10.0. The third kappa shape index (κ3) is 17.6. The number of hydroxylamine groups is 4. The Balaban J connectivity index is 3.83. The van der Waals surface area contributed by atoms with Gasteiger partial charge in [0.05, 0.1) is 0 Å². The van der Waals surface area contributed by atoms with Crippen LogP contribution in [0.15, 0.2) is 0 Å². The third-order valence-electron chi connectivity index (χ3n) is 5.94. The second-order valence-electron chi connectivity index (χ2n) is 9.49. The molecule has 204 valence electrons. The molecule has 0 fully saturated rings. The Bertz CT molecular complexity index is 468. The summed E-state index contributed by atoms with van der Waals surface area (Å²) in [6.07, 6.45) is 15.1. The van der Waals surface area contributed by atoms with E-state index < -0.39 is 24.9 Å². The van der Waals surface area contributed by atoms with Crippen LogP contribution in [-0.4, -0.2) is 56.3 Å². The molecule has 0 aromatic rings. The zero-order valence-electron chi connectivity index (χ0n) is 22.6. The van der Waals surface area contributed by atoms with Crippen LogP contribution in [0, 0.1) is 0 Å². The molecular weight excluding hydrogens is 436 g/mol. The molecule has 0 bridgehead atoms. The maximum atomic E-state index is 12.2. The Morgan fingerprint density at radius 3 is 1.32 bits per heavy atom. The van der Waals surface area contributed by atoms with Crippen LogP contribution in [-0.2, 0) is 14.5 Å². The number of unbranched alkanes of at least 4 members (excludes halogenated alkanes) is 14. The van der Waals surface area contributed by atoms with Crippen molar-refractivity contribution < 1.29 is 29.8 Å². The minimum Gasteiger partial charge on any atom is -0.444 e. The Morgan fingerprint density at radius 2 is 0.971 bits per heavy atom. The molecule has 0 aliphatic heterocycles. The van der Waals surface area contributed by atoms with Gasteiger partial charge in [-0.15, -0.1) is 10.1 Å². The Labute approximate surface area is 208 Å². The largest absolute Gasteiger partial charge is 0.444 e. The minimum atomic E-state index is -1.12. The second kappa shape index (κ2) is 21.5. The Hall–Kier alpha value is -0.770. The SMILES string of the molecule is CCCCCCCCCCCCCCCCCC(=O)OC(C)N(ON(C(C)O)C(C)O)C(C)O. The number of ether oxygens (including phenoxy) is 1. The lowest BCUT2D eigenvalue weighted by Crippen LogP contribution is -2.51. The highest BCUT2D eigenvalue weighted by atomic mass is 16.9. The van der Waals surface area contributed by atoms with E-state index >= 15 is 0 Å². The van der Waals surface area contributed by atoms with E-state index in [1.807, 2.05) is 0 Å². The maximum absolute atomic E-state index is 12.2. The van der Waals surface area contributed by atoms with Gasteiger partial charge < -0.3 is 20.1 Å². The molecule has 0 spiro atoms. The van der Waals surface area contributed by atoms with E-state index in [1.54, 1.807) is 6.92 Å². The summed E-state index contributed by atoms with van der Waals surface area (Å²) in [5.74, 6) is -0.364. The number of esters is 1. The summed E-state index contributed by atoms with van der Waals surface area (Å²) in [6, 6.07) is 0. The monoisotopic (exact) mass is 490 g/mol. The molecule has 8 nitrogen and oxygen atoms in total. The normalized spacial score (nSPS) is 15.5. The number of aliphatic hydroxyl groups excluding tert-OH is 3. The summed E-state index contributed by atoms with van der Waals surface area (Å²) >= 11 is 0. The number of aliphatic hydroxyl groups is 3. The van der Waals surface area contributed by atoms with Crippen molar-refractivity contribution in [1.29, 1.82) is 0 Å². The summed E-state index contributed by atoms with van der Waals surface area (Å²) < 4.78 is 5.37. The van der Waals surface area contributed by atoms with Gasteiger partial charge >= 0.3 is 5.97 Å². The van der Waals surface area contributed by atoms with Gasteiger partial charge in [-0.25, -0.2) is 0 Å². The molecule has 0 aromatic carbocycles. The fourth-order valence-corrected chi connectivity index (χ4v) is 3.94. The lowest BCUT2D eigenvalue weighted by Gasteiger charge is -2.36. The first-order valence-corrected chi connectivity index (χ1v) is 13.7. The highest BCUT2D eigenvalue weighted by molar-refractivity contribution is 5.69. The number of hydrogen-bond donors (Lipinski definition) is 3. The Morgan fingerprint density at radius 1 is 0.618 bits per heavy atom. The van der Waals surface area contributed by atoms with Crippen LogP contribution in [0.2, 0.25) is 0 Å². The van der Waals surface area contributed by atoms with Gasteiger partial charge in [0.1, 0.15) is 18.7 Å². The van der Waals surface area contributed by atoms with Crippen molar-refractivity contribution in [2.24, 2.45) is 0 Å². The number of nitrogens with zero attached hydrogens (tertiary/aromatic N) is 2. The van der Waals surface area contributed by atoms with E-state index in [9.17, 15) is 20.1 Å². The number of hydrogen-bond acceptors (Lipinski definition) is 8. The molecule has 0 rings (SSSR count). The zero-order chi connectivity index (χ0) is 25.8. The quantitative estimate of drug-likeness (QED) is 0.0736. The maximum Gasteiger partial charge on any atom is 0.307 e. The van der Waals surface area contributed by atoms with Gasteiger partial charge in [-0.3, -0.25) is 4.79 Å². The average Bonchev–Trinajstić information content (AvgIpc) is 2.75. The van der Waals surface area contributed by atoms with E-state index in [1.165, 1.54) is 97.8 Å². The molecule has 34 heavy (non-hydrogen) atoms. The second-order valence-corrected chi connectivity index (χ2v) is 9.49. The van der Waals surface area contributed by atoms with Crippen LogP contribution >= 0.6 is 0 Å². The summed E-state index contributed by atoms with van der Waals surface area (Å²) in [4.78, 5) is 17.5. The van der Waals surface area contributed by atoms with Crippen molar-refractivity contribution in [3.63, 3.8) is 0 Å². The third-order valence-corrected chi connectivity index (χ3v) is 5.94.